The van der Waals surface area contributed by atoms with Crippen molar-refractivity contribution in [2.24, 2.45) is 0 Å². The summed E-state index contributed by atoms with van der Waals surface area (Å²) in [4.78, 5) is 12.7. The van der Waals surface area contributed by atoms with Crippen LogP contribution >= 0.6 is 15.9 Å². The zero-order valence-corrected chi connectivity index (χ0v) is 15.5. The molecule has 3 aromatic rings. The number of furan rings is 1. The minimum atomic E-state index is -0.217. The molecule has 0 amide bonds. The molecule has 6 heteroatoms. The van der Waals surface area contributed by atoms with Crippen molar-refractivity contribution in [3.05, 3.63) is 58.3 Å². The fraction of sp³-hybridized carbons (Fsp3) is 0.250. The first-order valence-electron chi connectivity index (χ1n) is 8.42. The van der Waals surface area contributed by atoms with E-state index >= 15 is 0 Å². The van der Waals surface area contributed by atoms with E-state index in [1.807, 2.05) is 0 Å². The molecule has 0 atom stereocenters. The summed E-state index contributed by atoms with van der Waals surface area (Å²) >= 11 is 3.31. The molecule has 26 heavy (non-hydrogen) atoms. The molecule has 1 aliphatic rings. The van der Waals surface area contributed by atoms with Gasteiger partial charge in [0, 0.05) is 23.8 Å². The molecule has 1 saturated heterocycles. The van der Waals surface area contributed by atoms with E-state index in [0.717, 1.165) is 31.8 Å². The van der Waals surface area contributed by atoms with Crippen LogP contribution in [0.15, 0.2) is 51.4 Å². The van der Waals surface area contributed by atoms with Gasteiger partial charge >= 0.3 is 0 Å². The molecule has 0 saturated carbocycles. The van der Waals surface area contributed by atoms with Gasteiger partial charge < -0.3 is 19.0 Å². The van der Waals surface area contributed by atoms with Gasteiger partial charge in [-0.05, 0) is 58.4 Å². The summed E-state index contributed by atoms with van der Waals surface area (Å²) < 4.78 is 17.4. The molecule has 0 radical (unpaired) electrons. The first kappa shape index (κ1) is 17.1. The maximum Gasteiger partial charge on any atom is 0.228 e. The predicted octanol–water partition coefficient (Wildman–Crippen LogP) is 4.69. The Kier molecular flexibility index (Phi) is 4.70. The minimum absolute atomic E-state index is 0.104. The van der Waals surface area contributed by atoms with E-state index in [9.17, 15) is 9.90 Å². The molecule has 0 aliphatic carbocycles. The Morgan fingerprint density at radius 2 is 1.85 bits per heavy atom. The lowest BCUT2D eigenvalue weighted by Crippen LogP contribution is -2.25. The normalized spacial score (nSPS) is 15.3. The van der Waals surface area contributed by atoms with Gasteiger partial charge in [0.25, 0.3) is 0 Å². The molecular formula is C20H17BrO5. The van der Waals surface area contributed by atoms with Crippen LogP contribution in [0, 0.1) is 0 Å². The van der Waals surface area contributed by atoms with Crippen LogP contribution < -0.4 is 4.74 Å². The number of ether oxygens (including phenoxy) is 2. The fourth-order valence-electron chi connectivity index (χ4n) is 2.99. The number of hydrogen-bond donors (Lipinski definition) is 1. The summed E-state index contributed by atoms with van der Waals surface area (Å²) in [5.41, 5.74) is 1.06. The Balaban J connectivity index is 1.53. The molecule has 5 nitrogen and oxygen atoms in total. The Bertz CT molecular complexity index is 939. The summed E-state index contributed by atoms with van der Waals surface area (Å²) in [7, 11) is 0. The largest absolute Gasteiger partial charge is 0.507 e. The summed E-state index contributed by atoms with van der Waals surface area (Å²) in [6, 6.07) is 11.9. The molecule has 1 N–H and O–H groups in total. The second kappa shape index (κ2) is 7.13. The van der Waals surface area contributed by atoms with Gasteiger partial charge in [-0.3, -0.25) is 4.79 Å². The topological polar surface area (TPSA) is 68.9 Å². The van der Waals surface area contributed by atoms with E-state index in [1.165, 1.54) is 6.07 Å². The number of phenols is 1. The second-order valence-electron chi connectivity index (χ2n) is 6.20. The number of aromatic hydroxyl groups is 1. The molecule has 2 aromatic carbocycles. The van der Waals surface area contributed by atoms with Crippen LogP contribution in [0.25, 0.3) is 11.0 Å². The zero-order chi connectivity index (χ0) is 18.1. The average Bonchev–Trinajstić information content (AvgIpc) is 3.11. The van der Waals surface area contributed by atoms with Crippen molar-refractivity contribution in [3.8, 4) is 11.5 Å². The van der Waals surface area contributed by atoms with Crippen LogP contribution in [-0.4, -0.2) is 30.2 Å². The van der Waals surface area contributed by atoms with E-state index < -0.39 is 0 Å². The highest BCUT2D eigenvalue weighted by Crippen LogP contribution is 2.34. The summed E-state index contributed by atoms with van der Waals surface area (Å²) in [6.45, 7) is 1.44. The summed E-state index contributed by atoms with van der Waals surface area (Å²) in [5, 5.41) is 10.4. The maximum atomic E-state index is 12.7. The van der Waals surface area contributed by atoms with Gasteiger partial charge in [0.15, 0.2) is 5.76 Å². The molecule has 2 heterocycles. The summed E-state index contributed by atoms with van der Waals surface area (Å²) in [5.74, 6) is 0.854. The van der Waals surface area contributed by atoms with Gasteiger partial charge in [-0.25, -0.2) is 0 Å². The number of halogens is 1. The molecule has 1 aromatic heterocycles. The molecule has 0 bridgehead atoms. The lowest BCUT2D eigenvalue weighted by molar-refractivity contribution is 0.0256. The number of hydrogen-bond acceptors (Lipinski definition) is 5. The second-order valence-corrected chi connectivity index (χ2v) is 7.00. The van der Waals surface area contributed by atoms with E-state index in [4.69, 9.17) is 13.9 Å². The highest BCUT2D eigenvalue weighted by Gasteiger charge is 2.18. The number of phenolic OH excluding ortho intramolecular Hbond substituents is 1. The fourth-order valence-corrected chi connectivity index (χ4v) is 3.43. The highest BCUT2D eigenvalue weighted by molar-refractivity contribution is 9.10. The number of carbonyl (C=O) groups excluding carboxylic acids is 1. The Morgan fingerprint density at radius 3 is 2.58 bits per heavy atom. The molecule has 4 rings (SSSR count). The van der Waals surface area contributed by atoms with Crippen LogP contribution in [0.2, 0.25) is 0 Å². The predicted molar refractivity (Wildman–Crippen MR) is 99.9 cm³/mol. The van der Waals surface area contributed by atoms with Gasteiger partial charge in [-0.15, -0.1) is 0 Å². The van der Waals surface area contributed by atoms with Crippen LogP contribution in [0.3, 0.4) is 0 Å². The van der Waals surface area contributed by atoms with Crippen molar-refractivity contribution in [1.29, 1.82) is 0 Å². The van der Waals surface area contributed by atoms with Crippen molar-refractivity contribution in [2.75, 3.05) is 13.2 Å². The number of rotatable bonds is 4. The third-order valence-electron chi connectivity index (χ3n) is 4.43. The summed E-state index contributed by atoms with van der Waals surface area (Å²) in [6.07, 6.45) is 1.91. The van der Waals surface area contributed by atoms with E-state index in [0.29, 0.717) is 21.0 Å². The third kappa shape index (κ3) is 3.34. The lowest BCUT2D eigenvalue weighted by Gasteiger charge is -2.23. The third-order valence-corrected chi connectivity index (χ3v) is 5.26. The SMILES string of the molecule is O=C(c1ccc(OC2CCOCC2)cc1)c1cc2c(Br)c(O)ccc2o1. The highest BCUT2D eigenvalue weighted by atomic mass is 79.9. The zero-order valence-electron chi connectivity index (χ0n) is 13.9. The van der Waals surface area contributed by atoms with Crippen LogP contribution in [0.4, 0.5) is 0 Å². The van der Waals surface area contributed by atoms with Gasteiger partial charge in [0.1, 0.15) is 23.2 Å². The van der Waals surface area contributed by atoms with Gasteiger partial charge in [-0.1, -0.05) is 0 Å². The molecular weight excluding hydrogens is 400 g/mol. The molecule has 1 aliphatic heterocycles. The molecule has 134 valence electrons. The number of ketones is 1. The molecule has 0 spiro atoms. The van der Waals surface area contributed by atoms with Crippen LogP contribution in [0.1, 0.15) is 29.0 Å². The van der Waals surface area contributed by atoms with E-state index in [-0.39, 0.29) is 23.4 Å². The van der Waals surface area contributed by atoms with Gasteiger partial charge in [0.2, 0.25) is 5.78 Å². The average molecular weight is 417 g/mol. The first-order chi connectivity index (χ1) is 12.6. The maximum absolute atomic E-state index is 12.7. The Hall–Kier alpha value is -2.31. The quantitative estimate of drug-likeness (QED) is 0.624. The van der Waals surface area contributed by atoms with Crippen molar-refractivity contribution < 1.29 is 23.8 Å². The number of carbonyl (C=O) groups is 1. The number of benzene rings is 2. The van der Waals surface area contributed by atoms with Crippen LogP contribution in [0.5, 0.6) is 11.5 Å². The smallest absolute Gasteiger partial charge is 0.228 e. The van der Waals surface area contributed by atoms with Gasteiger partial charge in [-0.2, -0.15) is 0 Å². The lowest BCUT2D eigenvalue weighted by atomic mass is 10.1. The Labute approximate surface area is 158 Å². The molecule has 1 fully saturated rings. The van der Waals surface area contributed by atoms with E-state index in [2.05, 4.69) is 15.9 Å². The first-order valence-corrected chi connectivity index (χ1v) is 9.21. The van der Waals surface area contributed by atoms with Crippen molar-refractivity contribution in [3.63, 3.8) is 0 Å². The Morgan fingerprint density at radius 1 is 1.12 bits per heavy atom. The van der Waals surface area contributed by atoms with E-state index in [1.54, 1.807) is 36.4 Å². The minimum Gasteiger partial charge on any atom is -0.507 e. The van der Waals surface area contributed by atoms with Crippen molar-refractivity contribution in [1.82, 2.24) is 0 Å². The molecule has 0 unspecified atom stereocenters. The van der Waals surface area contributed by atoms with Gasteiger partial charge in [0.05, 0.1) is 17.7 Å². The van der Waals surface area contributed by atoms with Crippen LogP contribution in [-0.2, 0) is 4.74 Å². The number of fused-ring (bicyclic) bond motifs is 1. The van der Waals surface area contributed by atoms with Crippen molar-refractivity contribution in [2.45, 2.75) is 18.9 Å². The standard InChI is InChI=1S/C20H17BrO5/c21-19-15-11-18(26-17(15)6-5-16(19)22)20(23)12-1-3-13(4-2-12)25-14-7-9-24-10-8-14/h1-6,11,14,22H,7-10H2. The van der Waals surface area contributed by atoms with Crippen molar-refractivity contribution >= 4 is 32.7 Å². The monoisotopic (exact) mass is 416 g/mol.